The number of nitrogens with one attached hydrogen (secondary N) is 1. The van der Waals surface area contributed by atoms with E-state index in [9.17, 15) is 13.2 Å². The topological polar surface area (TPSA) is 12.0 Å². The monoisotopic (exact) mass is 333 g/mol. The zero-order chi connectivity index (χ0) is 15.6. The molecule has 0 heterocycles. The zero-order valence-electron chi connectivity index (χ0n) is 11.1. The molecule has 0 saturated carbocycles. The molecule has 0 amide bonds. The Bertz CT molecular complexity index is 618. The minimum absolute atomic E-state index is 0.267. The third-order valence-corrected chi connectivity index (χ3v) is 3.40. The lowest BCUT2D eigenvalue weighted by molar-refractivity contribution is 0.492. The van der Waals surface area contributed by atoms with Crippen LogP contribution < -0.4 is 5.32 Å². The normalized spacial score (nSPS) is 12.5. The molecule has 2 aromatic carbocycles. The molecule has 1 nitrogen and oxygen atoms in total. The Morgan fingerprint density at radius 1 is 0.952 bits per heavy atom. The molecule has 21 heavy (non-hydrogen) atoms. The number of halogens is 5. The average Bonchev–Trinajstić information content (AvgIpc) is 2.35. The Kier molecular flexibility index (Phi) is 5.14. The van der Waals surface area contributed by atoms with Gasteiger partial charge in [-0.1, -0.05) is 30.1 Å². The van der Waals surface area contributed by atoms with Gasteiger partial charge in [0.25, 0.3) is 0 Å². The molecule has 0 aromatic heterocycles. The van der Waals surface area contributed by atoms with Gasteiger partial charge in [-0.3, -0.25) is 0 Å². The van der Waals surface area contributed by atoms with Crippen molar-refractivity contribution in [3.8, 4) is 0 Å². The molecule has 0 radical (unpaired) electrons. The highest BCUT2D eigenvalue weighted by molar-refractivity contribution is 6.34. The lowest BCUT2D eigenvalue weighted by Crippen LogP contribution is -2.24. The van der Waals surface area contributed by atoms with E-state index in [1.54, 1.807) is 19.1 Å². The molecule has 0 bridgehead atoms. The van der Waals surface area contributed by atoms with Crippen molar-refractivity contribution >= 4 is 23.2 Å². The fourth-order valence-corrected chi connectivity index (χ4v) is 2.70. The lowest BCUT2D eigenvalue weighted by Gasteiger charge is -2.21. The van der Waals surface area contributed by atoms with Gasteiger partial charge >= 0.3 is 0 Å². The van der Waals surface area contributed by atoms with E-state index >= 15 is 0 Å². The molecular weight excluding hydrogens is 322 g/mol. The highest BCUT2D eigenvalue weighted by Gasteiger charge is 2.23. The van der Waals surface area contributed by atoms with Crippen LogP contribution in [0.15, 0.2) is 30.3 Å². The van der Waals surface area contributed by atoms with Crippen molar-refractivity contribution in [2.24, 2.45) is 0 Å². The van der Waals surface area contributed by atoms with Crippen LogP contribution in [0.4, 0.5) is 13.2 Å². The van der Waals surface area contributed by atoms with Gasteiger partial charge in [-0.2, -0.15) is 0 Å². The van der Waals surface area contributed by atoms with Gasteiger partial charge in [-0.15, -0.1) is 0 Å². The quantitative estimate of drug-likeness (QED) is 0.819. The zero-order valence-corrected chi connectivity index (χ0v) is 12.6. The first-order chi connectivity index (χ1) is 9.92. The van der Waals surface area contributed by atoms with E-state index in [-0.39, 0.29) is 5.56 Å². The Hall–Kier alpha value is -1.23. The third-order valence-electron chi connectivity index (χ3n) is 2.96. The molecule has 2 aromatic rings. The molecule has 6 heteroatoms. The summed E-state index contributed by atoms with van der Waals surface area (Å²) >= 11 is 11.9. The first-order valence-electron chi connectivity index (χ1n) is 6.26. The summed E-state index contributed by atoms with van der Waals surface area (Å²) in [5.41, 5.74) is 0.232. The first-order valence-corrected chi connectivity index (χ1v) is 7.01. The largest absolute Gasteiger partial charge is 0.306 e. The van der Waals surface area contributed by atoms with Gasteiger partial charge in [0.1, 0.15) is 17.5 Å². The first kappa shape index (κ1) is 16.1. The van der Waals surface area contributed by atoms with Crippen LogP contribution >= 0.6 is 23.2 Å². The molecule has 1 unspecified atom stereocenters. The van der Waals surface area contributed by atoms with Gasteiger partial charge < -0.3 is 5.32 Å². The van der Waals surface area contributed by atoms with Crippen LogP contribution in [-0.2, 0) is 0 Å². The van der Waals surface area contributed by atoms with Gasteiger partial charge in [0.15, 0.2) is 0 Å². The van der Waals surface area contributed by atoms with Crippen molar-refractivity contribution in [1.82, 2.24) is 5.32 Å². The Morgan fingerprint density at radius 3 is 1.95 bits per heavy atom. The van der Waals surface area contributed by atoms with Crippen molar-refractivity contribution in [3.05, 3.63) is 69.0 Å². The summed E-state index contributed by atoms with van der Waals surface area (Å²) in [7, 11) is 0. The number of rotatable bonds is 4. The molecule has 1 N–H and O–H groups in total. The van der Waals surface area contributed by atoms with Crippen LogP contribution in [0.5, 0.6) is 0 Å². The molecular formula is C15H12Cl2F3N. The Balaban J connectivity index is 2.58. The van der Waals surface area contributed by atoms with E-state index in [4.69, 9.17) is 23.2 Å². The second kappa shape index (κ2) is 6.69. The van der Waals surface area contributed by atoms with Crippen molar-refractivity contribution in [3.63, 3.8) is 0 Å². The molecule has 0 fully saturated rings. The van der Waals surface area contributed by atoms with Crippen molar-refractivity contribution in [2.45, 2.75) is 13.0 Å². The Labute approximate surface area is 130 Å². The van der Waals surface area contributed by atoms with E-state index in [1.807, 2.05) is 0 Å². The minimum Gasteiger partial charge on any atom is -0.306 e. The summed E-state index contributed by atoms with van der Waals surface area (Å²) in [5.74, 6) is -2.89. The molecule has 0 saturated heterocycles. The van der Waals surface area contributed by atoms with Gasteiger partial charge in [0, 0.05) is 27.7 Å². The summed E-state index contributed by atoms with van der Waals surface area (Å²) in [5, 5.41) is 3.65. The van der Waals surface area contributed by atoms with Crippen LogP contribution in [0.3, 0.4) is 0 Å². The minimum atomic E-state index is -0.965. The third kappa shape index (κ3) is 3.70. The van der Waals surface area contributed by atoms with Crippen molar-refractivity contribution in [2.75, 3.05) is 6.54 Å². The van der Waals surface area contributed by atoms with Crippen LogP contribution in [0.25, 0.3) is 0 Å². The molecule has 112 valence electrons. The summed E-state index contributed by atoms with van der Waals surface area (Å²) < 4.78 is 41.0. The molecule has 0 aliphatic heterocycles. The predicted octanol–water partition coefficient (Wildman–Crippen LogP) is 5.11. The van der Waals surface area contributed by atoms with E-state index in [2.05, 4.69) is 5.32 Å². The summed E-state index contributed by atoms with van der Waals surface area (Å²) in [6, 6.07) is 5.12. The van der Waals surface area contributed by atoms with Gasteiger partial charge in [-0.25, -0.2) is 13.2 Å². The summed E-state index contributed by atoms with van der Waals surface area (Å²) in [6.45, 7) is 2.24. The Morgan fingerprint density at radius 2 is 1.48 bits per heavy atom. The van der Waals surface area contributed by atoms with E-state index in [1.165, 1.54) is 6.07 Å². The number of hydrogen-bond donors (Lipinski definition) is 1. The highest BCUT2D eigenvalue weighted by atomic mass is 35.5. The second-order valence-corrected chi connectivity index (χ2v) is 5.35. The summed E-state index contributed by atoms with van der Waals surface area (Å²) in [6.07, 6.45) is 0. The van der Waals surface area contributed by atoms with Crippen LogP contribution in [0, 0.1) is 17.5 Å². The maximum absolute atomic E-state index is 14.0. The lowest BCUT2D eigenvalue weighted by atomic mass is 9.97. The van der Waals surface area contributed by atoms with Gasteiger partial charge in [-0.05, 0) is 30.3 Å². The molecule has 0 spiro atoms. The maximum atomic E-state index is 14.0. The molecule has 0 aliphatic rings. The highest BCUT2D eigenvalue weighted by Crippen LogP contribution is 2.31. The van der Waals surface area contributed by atoms with Gasteiger partial charge in [0.05, 0.1) is 6.04 Å². The SMILES string of the molecule is CCNC(c1cc(Cl)cc(Cl)c1)c1c(F)cc(F)cc1F. The maximum Gasteiger partial charge on any atom is 0.134 e. The van der Waals surface area contributed by atoms with Crippen LogP contribution in [0.2, 0.25) is 10.0 Å². The van der Waals surface area contributed by atoms with E-state index < -0.39 is 23.5 Å². The molecule has 2 rings (SSSR count). The molecule has 1 atom stereocenters. The number of benzene rings is 2. The van der Waals surface area contributed by atoms with Crippen LogP contribution in [0.1, 0.15) is 24.1 Å². The van der Waals surface area contributed by atoms with Crippen molar-refractivity contribution < 1.29 is 13.2 Å². The predicted molar refractivity (Wildman–Crippen MR) is 78.3 cm³/mol. The average molecular weight is 334 g/mol. The standard InChI is InChI=1S/C15H12Cl2F3N/c1-2-21-15(8-3-9(16)5-10(17)4-8)14-12(19)6-11(18)7-13(14)20/h3-7,15,21H,2H2,1H3. The number of hydrogen-bond acceptors (Lipinski definition) is 1. The van der Waals surface area contributed by atoms with Crippen molar-refractivity contribution in [1.29, 1.82) is 0 Å². The van der Waals surface area contributed by atoms with Crippen LogP contribution in [-0.4, -0.2) is 6.54 Å². The van der Waals surface area contributed by atoms with Gasteiger partial charge in [0.2, 0.25) is 0 Å². The summed E-state index contributed by atoms with van der Waals surface area (Å²) in [4.78, 5) is 0. The second-order valence-electron chi connectivity index (χ2n) is 4.48. The molecule has 0 aliphatic carbocycles. The fourth-order valence-electron chi connectivity index (χ4n) is 2.16. The van der Waals surface area contributed by atoms with E-state index in [0.29, 0.717) is 34.3 Å². The fraction of sp³-hybridized carbons (Fsp3) is 0.200. The van der Waals surface area contributed by atoms with E-state index in [0.717, 1.165) is 0 Å². The smallest absolute Gasteiger partial charge is 0.134 e.